The normalized spacial score (nSPS) is 11.1. The van der Waals surface area contributed by atoms with Crippen molar-refractivity contribution < 1.29 is 17.2 Å². The fourth-order valence-corrected chi connectivity index (χ4v) is 3.59. The van der Waals surface area contributed by atoms with Crippen LogP contribution in [0.2, 0.25) is 0 Å². The third-order valence-electron chi connectivity index (χ3n) is 4.61. The van der Waals surface area contributed by atoms with E-state index in [1.165, 1.54) is 12.1 Å². The first-order valence-corrected chi connectivity index (χ1v) is 11.2. The summed E-state index contributed by atoms with van der Waals surface area (Å²) in [6, 6.07) is 11.9. The summed E-state index contributed by atoms with van der Waals surface area (Å²) in [5.74, 6) is 4.28. The topological polar surface area (TPSA) is 98.0 Å². The molecule has 3 N–H and O–H groups in total. The molecule has 2 aromatic heterocycles. The van der Waals surface area contributed by atoms with Crippen molar-refractivity contribution in [2.75, 3.05) is 17.3 Å². The second kappa shape index (κ2) is 8.24. The van der Waals surface area contributed by atoms with Crippen molar-refractivity contribution in [3.63, 3.8) is 0 Å². The molecule has 0 saturated carbocycles. The smallest absolute Gasteiger partial charge is 0.175 e. The number of pyridine rings is 2. The molecule has 2 heterocycles. The Kier molecular flexibility index (Phi) is 5.47. The number of nitrogens with zero attached hydrogens (tertiary/aromatic N) is 2. The van der Waals surface area contributed by atoms with Crippen LogP contribution in [0.25, 0.3) is 10.8 Å². The van der Waals surface area contributed by atoms with E-state index in [1.807, 2.05) is 0 Å². The predicted octanol–water partition coefficient (Wildman–Crippen LogP) is 4.04. The number of benzene rings is 2. The average Bonchev–Trinajstić information content (AvgIpc) is 2.75. The molecule has 0 aliphatic carbocycles. The minimum atomic E-state index is -3.28. The summed E-state index contributed by atoms with van der Waals surface area (Å²) in [5, 5.41) is 4.56. The van der Waals surface area contributed by atoms with Gasteiger partial charge < -0.3 is 11.1 Å². The lowest BCUT2D eigenvalue weighted by Crippen LogP contribution is -1.98. The van der Waals surface area contributed by atoms with Gasteiger partial charge in [-0.1, -0.05) is 5.92 Å². The van der Waals surface area contributed by atoms with Crippen molar-refractivity contribution >= 4 is 37.8 Å². The highest BCUT2D eigenvalue weighted by molar-refractivity contribution is 7.90. The lowest BCUT2D eigenvalue weighted by molar-refractivity contribution is 0.591. The molecule has 0 unspecified atom stereocenters. The average molecular weight is 450 g/mol. The summed E-state index contributed by atoms with van der Waals surface area (Å²) in [4.78, 5) is 8.83. The molecule has 0 atom stereocenters. The molecular weight excluding hydrogens is 434 g/mol. The van der Waals surface area contributed by atoms with Gasteiger partial charge >= 0.3 is 0 Å². The van der Waals surface area contributed by atoms with Crippen molar-refractivity contribution in [1.82, 2.24) is 9.97 Å². The molecule has 0 amide bonds. The van der Waals surface area contributed by atoms with Crippen LogP contribution in [0.1, 0.15) is 11.3 Å². The minimum absolute atomic E-state index is 0.131. The van der Waals surface area contributed by atoms with Crippen LogP contribution < -0.4 is 11.1 Å². The number of nitrogens with one attached hydrogen (secondary N) is 1. The molecule has 0 saturated heterocycles. The standard InChI is InChI=1S/C23H16F2N4O2S/c1-32(30,31)17-5-3-16(4-6-17)29-22-12-18-15(13-28-22)8-9-27-21(18)7-2-14-10-19(24)23(26)20(25)11-14/h3-6,8-13H,26H2,1H3,(H,28,29). The van der Waals surface area contributed by atoms with E-state index in [1.54, 1.807) is 36.7 Å². The third-order valence-corrected chi connectivity index (χ3v) is 5.74. The van der Waals surface area contributed by atoms with Crippen LogP contribution in [0.5, 0.6) is 0 Å². The summed E-state index contributed by atoms with van der Waals surface area (Å²) in [6.07, 6.45) is 4.34. The van der Waals surface area contributed by atoms with Crippen LogP contribution in [-0.2, 0) is 9.84 Å². The second-order valence-electron chi connectivity index (χ2n) is 6.98. The van der Waals surface area contributed by atoms with Gasteiger partial charge in [0.15, 0.2) is 9.84 Å². The quantitative estimate of drug-likeness (QED) is 0.361. The minimum Gasteiger partial charge on any atom is -0.394 e. The van der Waals surface area contributed by atoms with Crippen molar-refractivity contribution in [3.8, 4) is 11.8 Å². The number of halogens is 2. The Morgan fingerprint density at radius 1 is 0.969 bits per heavy atom. The molecule has 0 aliphatic heterocycles. The zero-order valence-electron chi connectivity index (χ0n) is 16.7. The molecule has 0 spiro atoms. The van der Waals surface area contributed by atoms with Crippen molar-refractivity contribution in [3.05, 3.63) is 83.8 Å². The van der Waals surface area contributed by atoms with Gasteiger partial charge in [0.1, 0.15) is 28.8 Å². The van der Waals surface area contributed by atoms with Crippen LogP contribution in [0.3, 0.4) is 0 Å². The highest BCUT2D eigenvalue weighted by atomic mass is 32.2. The zero-order chi connectivity index (χ0) is 22.9. The first kappa shape index (κ1) is 21.2. The molecule has 0 aliphatic rings. The van der Waals surface area contributed by atoms with Gasteiger partial charge in [-0.05, 0) is 54.5 Å². The Balaban J connectivity index is 1.67. The molecule has 0 radical (unpaired) electrons. The van der Waals surface area contributed by atoms with E-state index in [2.05, 4.69) is 27.1 Å². The van der Waals surface area contributed by atoms with E-state index in [0.29, 0.717) is 22.6 Å². The molecule has 6 nitrogen and oxygen atoms in total. The fourth-order valence-electron chi connectivity index (χ4n) is 2.95. The van der Waals surface area contributed by atoms with Gasteiger partial charge in [-0.3, -0.25) is 0 Å². The predicted molar refractivity (Wildman–Crippen MR) is 119 cm³/mol. The maximum Gasteiger partial charge on any atom is 0.175 e. The molecule has 4 aromatic rings. The Hall–Kier alpha value is -4.03. The largest absolute Gasteiger partial charge is 0.394 e. The van der Waals surface area contributed by atoms with Gasteiger partial charge in [0.05, 0.1) is 4.90 Å². The summed E-state index contributed by atoms with van der Waals surface area (Å²) >= 11 is 0. The highest BCUT2D eigenvalue weighted by Gasteiger charge is 2.08. The third kappa shape index (κ3) is 4.50. The van der Waals surface area contributed by atoms with E-state index >= 15 is 0 Å². The molecular formula is C23H16F2N4O2S. The molecule has 9 heteroatoms. The number of sulfone groups is 1. The van der Waals surface area contributed by atoms with Gasteiger partial charge in [-0.25, -0.2) is 27.2 Å². The molecule has 2 aromatic carbocycles. The number of hydrogen-bond donors (Lipinski definition) is 2. The monoisotopic (exact) mass is 450 g/mol. The van der Waals surface area contributed by atoms with E-state index in [-0.39, 0.29) is 10.5 Å². The first-order chi connectivity index (χ1) is 15.2. The lowest BCUT2D eigenvalue weighted by atomic mass is 10.1. The number of aromatic nitrogens is 2. The van der Waals surface area contributed by atoms with E-state index in [0.717, 1.165) is 23.8 Å². The lowest BCUT2D eigenvalue weighted by Gasteiger charge is -2.08. The SMILES string of the molecule is CS(=O)(=O)c1ccc(Nc2cc3c(C#Cc4cc(F)c(N)c(F)c4)nccc3cn2)cc1. The van der Waals surface area contributed by atoms with E-state index in [4.69, 9.17) is 5.73 Å². The Labute approximate surface area is 183 Å². The van der Waals surface area contributed by atoms with Crippen LogP contribution >= 0.6 is 0 Å². The van der Waals surface area contributed by atoms with Gasteiger partial charge in [-0.2, -0.15) is 0 Å². The summed E-state index contributed by atoms with van der Waals surface area (Å²) in [7, 11) is -3.28. The molecule has 0 bridgehead atoms. The number of fused-ring (bicyclic) bond motifs is 1. The zero-order valence-corrected chi connectivity index (χ0v) is 17.5. The van der Waals surface area contributed by atoms with Crippen LogP contribution in [0.15, 0.2) is 65.8 Å². The van der Waals surface area contributed by atoms with Crippen LogP contribution in [0.4, 0.5) is 26.0 Å². The summed E-state index contributed by atoms with van der Waals surface area (Å²) in [5.41, 5.74) is 5.92. The van der Waals surface area contributed by atoms with Crippen molar-refractivity contribution in [1.29, 1.82) is 0 Å². The van der Waals surface area contributed by atoms with Crippen molar-refractivity contribution in [2.24, 2.45) is 0 Å². The van der Waals surface area contributed by atoms with E-state index in [9.17, 15) is 17.2 Å². The van der Waals surface area contributed by atoms with Crippen LogP contribution in [0, 0.1) is 23.5 Å². The van der Waals surface area contributed by atoms with Gasteiger partial charge in [0.2, 0.25) is 0 Å². The molecule has 4 rings (SSSR count). The number of nitrogen functional groups attached to an aromatic ring is 1. The summed E-state index contributed by atoms with van der Waals surface area (Å²) in [6.45, 7) is 0. The molecule has 0 fully saturated rings. The maximum atomic E-state index is 13.7. The first-order valence-electron chi connectivity index (χ1n) is 9.29. The number of hydrogen-bond acceptors (Lipinski definition) is 6. The van der Waals surface area contributed by atoms with Gasteiger partial charge in [0, 0.05) is 40.7 Å². The second-order valence-corrected chi connectivity index (χ2v) is 8.99. The maximum absolute atomic E-state index is 13.7. The van der Waals surface area contributed by atoms with Crippen LogP contribution in [-0.4, -0.2) is 24.6 Å². The molecule has 160 valence electrons. The Morgan fingerprint density at radius 2 is 1.66 bits per heavy atom. The number of nitrogens with two attached hydrogens (primary N) is 1. The van der Waals surface area contributed by atoms with Gasteiger partial charge in [0.25, 0.3) is 0 Å². The van der Waals surface area contributed by atoms with Crippen molar-refractivity contribution in [2.45, 2.75) is 4.90 Å². The Bertz CT molecular complexity index is 1490. The summed E-state index contributed by atoms with van der Waals surface area (Å²) < 4.78 is 50.5. The fraction of sp³-hybridized carbons (Fsp3) is 0.0435. The van der Waals surface area contributed by atoms with E-state index < -0.39 is 27.2 Å². The number of anilines is 3. The highest BCUT2D eigenvalue weighted by Crippen LogP contribution is 2.23. The molecule has 32 heavy (non-hydrogen) atoms. The van der Waals surface area contributed by atoms with Gasteiger partial charge in [-0.15, -0.1) is 0 Å². The Morgan fingerprint density at radius 3 is 2.31 bits per heavy atom. The number of rotatable bonds is 3.